The van der Waals surface area contributed by atoms with Crippen molar-refractivity contribution in [2.75, 3.05) is 33.4 Å². The van der Waals surface area contributed by atoms with Crippen LogP contribution in [0.4, 0.5) is 4.39 Å². The molecule has 4 rings (SSSR count). The van der Waals surface area contributed by atoms with Crippen LogP contribution in [-0.4, -0.2) is 72.6 Å². The van der Waals surface area contributed by atoms with Crippen LogP contribution in [0.5, 0.6) is 5.75 Å². The van der Waals surface area contributed by atoms with Crippen LogP contribution < -0.4 is 10.1 Å². The molecule has 1 spiro atoms. The maximum Gasteiger partial charge on any atom is 0.257 e. The molecule has 2 fully saturated rings. The number of hydrogen-bond acceptors (Lipinski definition) is 5. The number of amides is 3. The molecule has 0 saturated carbocycles. The number of methoxy groups -OCH3 is 1. The zero-order valence-electron chi connectivity index (χ0n) is 20.0. The molecule has 2 heterocycles. The SMILES string of the molecule is CCCNC(=O)[C@H]1COC2(CCN(C(=O)c3ccccc3F)CC2)N1C(=O)c1cccc(OC)c1. The molecule has 1 atom stereocenters. The lowest BCUT2D eigenvalue weighted by Crippen LogP contribution is -2.59. The highest BCUT2D eigenvalue weighted by atomic mass is 19.1. The summed E-state index contributed by atoms with van der Waals surface area (Å²) in [5.74, 6) is -1.06. The van der Waals surface area contributed by atoms with Gasteiger partial charge in [0, 0.05) is 38.0 Å². The van der Waals surface area contributed by atoms with Gasteiger partial charge in [-0.05, 0) is 36.8 Å². The Morgan fingerprint density at radius 1 is 1.11 bits per heavy atom. The lowest BCUT2D eigenvalue weighted by molar-refractivity contribution is -0.128. The van der Waals surface area contributed by atoms with Crippen molar-refractivity contribution in [2.45, 2.75) is 38.0 Å². The van der Waals surface area contributed by atoms with E-state index in [1.165, 1.54) is 30.2 Å². The van der Waals surface area contributed by atoms with E-state index in [9.17, 15) is 18.8 Å². The molecule has 2 aliphatic rings. The first-order chi connectivity index (χ1) is 16.9. The highest BCUT2D eigenvalue weighted by Gasteiger charge is 2.54. The van der Waals surface area contributed by atoms with E-state index in [-0.39, 0.29) is 37.1 Å². The number of ether oxygens (including phenoxy) is 2. The van der Waals surface area contributed by atoms with Crippen molar-refractivity contribution in [3.05, 3.63) is 65.5 Å². The number of carbonyl (C=O) groups is 3. The Hall–Kier alpha value is -3.46. The normalized spacial score (nSPS) is 19.0. The van der Waals surface area contributed by atoms with Crippen molar-refractivity contribution in [3.8, 4) is 5.75 Å². The van der Waals surface area contributed by atoms with E-state index in [0.29, 0.717) is 30.7 Å². The molecule has 1 N–H and O–H groups in total. The first-order valence-electron chi connectivity index (χ1n) is 11.8. The zero-order chi connectivity index (χ0) is 25.0. The van der Waals surface area contributed by atoms with Gasteiger partial charge in [-0.2, -0.15) is 0 Å². The summed E-state index contributed by atoms with van der Waals surface area (Å²) in [7, 11) is 1.52. The number of rotatable bonds is 6. The van der Waals surface area contributed by atoms with Crippen LogP contribution in [0.15, 0.2) is 48.5 Å². The summed E-state index contributed by atoms with van der Waals surface area (Å²) in [4.78, 5) is 42.7. The van der Waals surface area contributed by atoms with Crippen LogP contribution in [0.25, 0.3) is 0 Å². The maximum absolute atomic E-state index is 14.2. The van der Waals surface area contributed by atoms with E-state index in [1.54, 1.807) is 35.2 Å². The number of halogens is 1. The molecule has 0 aromatic heterocycles. The highest BCUT2D eigenvalue weighted by Crippen LogP contribution is 2.39. The first kappa shape index (κ1) is 24.7. The van der Waals surface area contributed by atoms with Crippen molar-refractivity contribution >= 4 is 17.7 Å². The van der Waals surface area contributed by atoms with Crippen molar-refractivity contribution in [3.63, 3.8) is 0 Å². The Morgan fingerprint density at radius 2 is 1.86 bits per heavy atom. The molecule has 9 heteroatoms. The summed E-state index contributed by atoms with van der Waals surface area (Å²) < 4.78 is 25.6. The van der Waals surface area contributed by atoms with E-state index in [1.807, 2.05) is 6.92 Å². The minimum atomic E-state index is -1.04. The van der Waals surface area contributed by atoms with Gasteiger partial charge < -0.3 is 19.7 Å². The largest absolute Gasteiger partial charge is 0.497 e. The molecule has 186 valence electrons. The van der Waals surface area contributed by atoms with E-state index >= 15 is 0 Å². The van der Waals surface area contributed by atoms with Gasteiger partial charge in [0.05, 0.1) is 19.3 Å². The second-order valence-electron chi connectivity index (χ2n) is 8.74. The Kier molecular flexibility index (Phi) is 7.35. The average Bonchev–Trinajstić information content (AvgIpc) is 3.25. The lowest BCUT2D eigenvalue weighted by atomic mass is 9.96. The quantitative estimate of drug-likeness (QED) is 0.683. The third kappa shape index (κ3) is 4.86. The Bertz CT molecular complexity index is 1100. The number of likely N-dealkylation sites (tertiary alicyclic amines) is 1. The maximum atomic E-state index is 14.2. The molecule has 2 aliphatic heterocycles. The van der Waals surface area contributed by atoms with Crippen molar-refractivity contribution in [1.29, 1.82) is 0 Å². The summed E-state index contributed by atoms with van der Waals surface area (Å²) in [5.41, 5.74) is -0.648. The van der Waals surface area contributed by atoms with Gasteiger partial charge in [0.2, 0.25) is 5.91 Å². The van der Waals surface area contributed by atoms with Crippen LogP contribution in [0.3, 0.4) is 0 Å². The Balaban J connectivity index is 1.59. The molecule has 0 radical (unpaired) electrons. The average molecular weight is 484 g/mol. The molecule has 35 heavy (non-hydrogen) atoms. The lowest BCUT2D eigenvalue weighted by Gasteiger charge is -2.44. The van der Waals surface area contributed by atoms with Gasteiger partial charge >= 0.3 is 0 Å². The predicted molar refractivity (Wildman–Crippen MR) is 126 cm³/mol. The van der Waals surface area contributed by atoms with Crippen molar-refractivity contribution in [1.82, 2.24) is 15.1 Å². The van der Waals surface area contributed by atoms with Crippen LogP contribution in [0.1, 0.15) is 46.9 Å². The standard InChI is InChI=1S/C26H30FN3O5/c1-3-13-28-23(31)22-17-35-26(30(22)24(32)18-7-6-8-19(16-18)34-2)11-14-29(15-12-26)25(33)20-9-4-5-10-21(20)27/h4-10,16,22H,3,11-15,17H2,1-2H3,(H,28,31)/t22-/m1/s1. The second-order valence-corrected chi connectivity index (χ2v) is 8.74. The Labute approximate surface area is 204 Å². The van der Waals surface area contributed by atoms with Gasteiger partial charge in [0.25, 0.3) is 11.8 Å². The fourth-order valence-electron chi connectivity index (χ4n) is 4.69. The molecule has 0 bridgehead atoms. The van der Waals surface area contributed by atoms with Crippen LogP contribution >= 0.6 is 0 Å². The van der Waals surface area contributed by atoms with Crippen LogP contribution in [-0.2, 0) is 9.53 Å². The van der Waals surface area contributed by atoms with E-state index in [0.717, 1.165) is 6.42 Å². The predicted octanol–water partition coefficient (Wildman–Crippen LogP) is 2.83. The van der Waals surface area contributed by atoms with Crippen LogP contribution in [0.2, 0.25) is 0 Å². The van der Waals surface area contributed by atoms with Gasteiger partial charge in [-0.25, -0.2) is 4.39 Å². The number of hydrogen-bond donors (Lipinski definition) is 1. The summed E-state index contributed by atoms with van der Waals surface area (Å²) in [6.45, 7) is 3.03. The smallest absolute Gasteiger partial charge is 0.257 e. The molecule has 2 aromatic carbocycles. The first-order valence-corrected chi connectivity index (χ1v) is 11.8. The van der Waals surface area contributed by atoms with E-state index < -0.39 is 23.5 Å². The number of piperidine rings is 1. The summed E-state index contributed by atoms with van der Waals surface area (Å²) in [5, 5.41) is 2.87. The van der Waals surface area contributed by atoms with Gasteiger partial charge in [-0.15, -0.1) is 0 Å². The minimum absolute atomic E-state index is 0.0110. The van der Waals surface area contributed by atoms with Gasteiger partial charge in [0.1, 0.15) is 23.3 Å². The third-order valence-corrected chi connectivity index (χ3v) is 6.58. The molecule has 0 aliphatic carbocycles. The fourth-order valence-corrected chi connectivity index (χ4v) is 4.69. The van der Waals surface area contributed by atoms with Gasteiger partial charge in [-0.1, -0.05) is 25.1 Å². The highest BCUT2D eigenvalue weighted by molar-refractivity contribution is 5.99. The van der Waals surface area contributed by atoms with Crippen molar-refractivity contribution < 1.29 is 28.2 Å². The molecule has 2 aromatic rings. The number of nitrogens with one attached hydrogen (secondary N) is 1. The summed E-state index contributed by atoms with van der Waals surface area (Å²) in [6.07, 6.45) is 1.38. The zero-order valence-corrected chi connectivity index (χ0v) is 20.0. The minimum Gasteiger partial charge on any atom is -0.497 e. The molecule has 2 saturated heterocycles. The van der Waals surface area contributed by atoms with Gasteiger partial charge in [0.15, 0.2) is 0 Å². The number of nitrogens with zero attached hydrogens (tertiary/aromatic N) is 2. The van der Waals surface area contributed by atoms with Crippen molar-refractivity contribution in [2.24, 2.45) is 0 Å². The van der Waals surface area contributed by atoms with Crippen LogP contribution in [0, 0.1) is 5.82 Å². The summed E-state index contributed by atoms with van der Waals surface area (Å²) >= 11 is 0. The number of benzene rings is 2. The topological polar surface area (TPSA) is 88.2 Å². The Morgan fingerprint density at radius 3 is 2.54 bits per heavy atom. The molecule has 3 amide bonds. The molecule has 0 unspecified atom stereocenters. The third-order valence-electron chi connectivity index (χ3n) is 6.58. The molecular formula is C26H30FN3O5. The summed E-state index contributed by atoms with van der Waals surface area (Å²) in [6, 6.07) is 11.8. The van der Waals surface area contributed by atoms with Gasteiger partial charge in [-0.3, -0.25) is 19.3 Å². The van der Waals surface area contributed by atoms with E-state index in [2.05, 4.69) is 5.32 Å². The molecule has 8 nitrogen and oxygen atoms in total. The number of carbonyl (C=O) groups excluding carboxylic acids is 3. The molecular weight excluding hydrogens is 453 g/mol. The fraction of sp³-hybridized carbons (Fsp3) is 0.423. The monoisotopic (exact) mass is 483 g/mol. The second kappa shape index (κ2) is 10.4. The van der Waals surface area contributed by atoms with E-state index in [4.69, 9.17) is 9.47 Å².